The smallest absolute Gasteiger partial charge is 0.331 e. The first-order chi connectivity index (χ1) is 9.36. The first-order valence-corrected chi connectivity index (χ1v) is 5.56. The van der Waals surface area contributed by atoms with Crippen LogP contribution >= 0.6 is 0 Å². The highest BCUT2D eigenvalue weighted by molar-refractivity contribution is 5.81. The summed E-state index contributed by atoms with van der Waals surface area (Å²) in [4.78, 5) is 46.4. The molecule has 1 amide bonds. The van der Waals surface area contributed by atoms with Gasteiger partial charge in [0.1, 0.15) is 13.1 Å². The molecule has 0 radical (unpaired) electrons. The maximum Gasteiger partial charge on any atom is 0.331 e. The summed E-state index contributed by atoms with van der Waals surface area (Å²) in [5.74, 6) is 0.348. The number of amides is 1. The number of carbonyl (C=O) groups is 2. The molecule has 0 bridgehead atoms. The van der Waals surface area contributed by atoms with Crippen molar-refractivity contribution in [2.45, 2.75) is 6.54 Å². The summed E-state index contributed by atoms with van der Waals surface area (Å²) < 4.78 is 1.85. The zero-order chi connectivity index (χ0) is 15.3. The molecule has 1 aromatic heterocycles. The lowest BCUT2D eigenvalue weighted by Gasteiger charge is -2.18. The molecule has 1 N–H and O–H groups in total. The van der Waals surface area contributed by atoms with Crippen molar-refractivity contribution in [3.05, 3.63) is 33.1 Å². The number of rotatable bonds is 5. The molecule has 1 rings (SSSR count). The SMILES string of the molecule is C#CCN(CC(=O)O)C(=O)Cn1ccc(=O)n(C)c1=O. The summed E-state index contributed by atoms with van der Waals surface area (Å²) >= 11 is 0. The van der Waals surface area contributed by atoms with Gasteiger partial charge in [-0.1, -0.05) is 5.92 Å². The van der Waals surface area contributed by atoms with E-state index in [4.69, 9.17) is 11.5 Å². The normalized spacial score (nSPS) is 9.80. The predicted octanol–water partition coefficient (Wildman–Crippen LogP) is -1.91. The Kier molecular flexibility index (Phi) is 4.86. The van der Waals surface area contributed by atoms with Crippen molar-refractivity contribution in [2.75, 3.05) is 13.1 Å². The van der Waals surface area contributed by atoms with Crippen molar-refractivity contribution in [2.24, 2.45) is 7.05 Å². The summed E-state index contributed by atoms with van der Waals surface area (Å²) in [5, 5.41) is 8.68. The Morgan fingerprint density at radius 3 is 2.65 bits per heavy atom. The zero-order valence-corrected chi connectivity index (χ0v) is 10.8. The van der Waals surface area contributed by atoms with E-state index < -0.39 is 29.7 Å². The van der Waals surface area contributed by atoms with Crippen molar-refractivity contribution < 1.29 is 14.7 Å². The summed E-state index contributed by atoms with van der Waals surface area (Å²) in [7, 11) is 1.28. The first-order valence-electron chi connectivity index (χ1n) is 5.56. The molecule has 20 heavy (non-hydrogen) atoms. The maximum absolute atomic E-state index is 11.9. The summed E-state index contributed by atoms with van der Waals surface area (Å²) in [6.45, 7) is -1.11. The third-order valence-electron chi connectivity index (χ3n) is 2.53. The van der Waals surface area contributed by atoms with E-state index in [1.54, 1.807) is 0 Å². The summed E-state index contributed by atoms with van der Waals surface area (Å²) in [5.41, 5.74) is -1.16. The number of aliphatic carboxylic acids is 1. The second-order valence-corrected chi connectivity index (χ2v) is 3.97. The van der Waals surface area contributed by atoms with Gasteiger partial charge in [-0.15, -0.1) is 6.42 Å². The van der Waals surface area contributed by atoms with E-state index >= 15 is 0 Å². The minimum Gasteiger partial charge on any atom is -0.480 e. The number of aromatic nitrogens is 2. The second kappa shape index (κ2) is 6.38. The van der Waals surface area contributed by atoms with Gasteiger partial charge in [-0.05, 0) is 0 Å². The van der Waals surface area contributed by atoms with Crippen LogP contribution in [0.4, 0.5) is 0 Å². The van der Waals surface area contributed by atoms with E-state index in [-0.39, 0.29) is 13.1 Å². The van der Waals surface area contributed by atoms with Crippen molar-refractivity contribution >= 4 is 11.9 Å². The fourth-order valence-corrected chi connectivity index (χ4v) is 1.49. The highest BCUT2D eigenvalue weighted by Crippen LogP contribution is 1.92. The molecular formula is C12H13N3O5. The fourth-order valence-electron chi connectivity index (χ4n) is 1.49. The first kappa shape index (κ1) is 15.2. The Morgan fingerprint density at radius 1 is 1.45 bits per heavy atom. The minimum atomic E-state index is -1.21. The van der Waals surface area contributed by atoms with Gasteiger partial charge in [-0.3, -0.25) is 23.5 Å². The van der Waals surface area contributed by atoms with Gasteiger partial charge in [0, 0.05) is 19.3 Å². The molecule has 0 saturated heterocycles. The zero-order valence-electron chi connectivity index (χ0n) is 10.8. The third-order valence-corrected chi connectivity index (χ3v) is 2.53. The Morgan fingerprint density at radius 2 is 2.10 bits per heavy atom. The van der Waals surface area contributed by atoms with Crippen LogP contribution in [0.15, 0.2) is 21.9 Å². The van der Waals surface area contributed by atoms with Crippen molar-refractivity contribution in [1.82, 2.24) is 14.0 Å². The van der Waals surface area contributed by atoms with Crippen LogP contribution in [-0.4, -0.2) is 44.1 Å². The highest BCUT2D eigenvalue weighted by atomic mass is 16.4. The average Bonchev–Trinajstić information content (AvgIpc) is 2.38. The van der Waals surface area contributed by atoms with Crippen LogP contribution in [-0.2, 0) is 23.2 Å². The standard InChI is InChI=1S/C12H13N3O5/c1-3-5-14(8-11(18)19)10(17)7-15-6-4-9(16)13(2)12(15)20/h1,4,6H,5,7-8H2,2H3,(H,18,19). The van der Waals surface area contributed by atoms with Gasteiger partial charge in [0.15, 0.2) is 0 Å². The number of terminal acetylenes is 1. The van der Waals surface area contributed by atoms with Gasteiger partial charge in [0.25, 0.3) is 5.56 Å². The monoisotopic (exact) mass is 279 g/mol. The van der Waals surface area contributed by atoms with Gasteiger partial charge < -0.3 is 10.0 Å². The summed E-state index contributed by atoms with van der Waals surface area (Å²) in [6.07, 6.45) is 6.24. The molecule has 0 saturated carbocycles. The molecule has 0 aliphatic carbocycles. The number of carbonyl (C=O) groups excluding carboxylic acids is 1. The molecule has 0 atom stereocenters. The average molecular weight is 279 g/mol. The molecule has 0 aromatic carbocycles. The Hall–Kier alpha value is -2.82. The van der Waals surface area contributed by atoms with E-state index in [1.807, 2.05) is 0 Å². The largest absolute Gasteiger partial charge is 0.480 e. The number of carboxylic acids is 1. The van der Waals surface area contributed by atoms with Gasteiger partial charge in [0.05, 0.1) is 6.54 Å². The van der Waals surface area contributed by atoms with Crippen LogP contribution in [0.5, 0.6) is 0 Å². The molecule has 8 heteroatoms. The molecule has 0 aliphatic rings. The van der Waals surface area contributed by atoms with E-state index in [1.165, 1.54) is 13.2 Å². The third kappa shape index (κ3) is 3.58. The van der Waals surface area contributed by atoms with Crippen molar-refractivity contribution in [3.8, 4) is 12.3 Å². The summed E-state index contributed by atoms with van der Waals surface area (Å²) in [6, 6.07) is 1.14. The molecule has 1 aromatic rings. The molecular weight excluding hydrogens is 266 g/mol. The van der Waals surface area contributed by atoms with Crippen LogP contribution in [0.25, 0.3) is 0 Å². The van der Waals surface area contributed by atoms with Gasteiger partial charge in [-0.25, -0.2) is 4.79 Å². The van der Waals surface area contributed by atoms with Crippen LogP contribution in [0.2, 0.25) is 0 Å². The predicted molar refractivity (Wildman–Crippen MR) is 69.0 cm³/mol. The number of carboxylic acid groups (broad SMARTS) is 1. The second-order valence-electron chi connectivity index (χ2n) is 3.97. The van der Waals surface area contributed by atoms with Crippen LogP contribution in [0.1, 0.15) is 0 Å². The quantitative estimate of drug-likeness (QED) is 0.634. The van der Waals surface area contributed by atoms with Crippen molar-refractivity contribution in [1.29, 1.82) is 0 Å². The Balaban J connectivity index is 2.97. The highest BCUT2D eigenvalue weighted by Gasteiger charge is 2.17. The van der Waals surface area contributed by atoms with Crippen LogP contribution in [0, 0.1) is 12.3 Å². The molecule has 0 fully saturated rings. The number of hydrogen-bond acceptors (Lipinski definition) is 4. The van der Waals surface area contributed by atoms with Gasteiger partial charge in [0.2, 0.25) is 5.91 Å². The Bertz CT molecular complexity index is 680. The number of hydrogen-bond donors (Lipinski definition) is 1. The maximum atomic E-state index is 11.9. The molecule has 1 heterocycles. The van der Waals surface area contributed by atoms with E-state index in [0.29, 0.717) is 0 Å². The lowest BCUT2D eigenvalue weighted by molar-refractivity contribution is -0.144. The fraction of sp³-hybridized carbons (Fsp3) is 0.333. The lowest BCUT2D eigenvalue weighted by Crippen LogP contribution is -2.43. The minimum absolute atomic E-state index is 0.175. The van der Waals surface area contributed by atoms with E-state index in [2.05, 4.69) is 5.92 Å². The molecule has 0 unspecified atom stereocenters. The van der Waals surface area contributed by atoms with Crippen LogP contribution in [0.3, 0.4) is 0 Å². The molecule has 0 aliphatic heterocycles. The van der Waals surface area contributed by atoms with Crippen LogP contribution < -0.4 is 11.2 Å². The number of nitrogens with zero attached hydrogens (tertiary/aromatic N) is 3. The van der Waals surface area contributed by atoms with E-state index in [0.717, 1.165) is 20.1 Å². The van der Waals surface area contributed by atoms with E-state index in [9.17, 15) is 19.2 Å². The Labute approximate surface area is 113 Å². The van der Waals surface area contributed by atoms with Gasteiger partial charge >= 0.3 is 11.7 Å². The molecule has 106 valence electrons. The topological polar surface area (TPSA) is 102 Å². The lowest BCUT2D eigenvalue weighted by atomic mass is 10.4. The van der Waals surface area contributed by atoms with Gasteiger partial charge in [-0.2, -0.15) is 0 Å². The van der Waals surface area contributed by atoms with Crippen molar-refractivity contribution in [3.63, 3.8) is 0 Å². The molecule has 8 nitrogen and oxygen atoms in total. The molecule has 0 spiro atoms.